The lowest BCUT2D eigenvalue weighted by Crippen LogP contribution is -2.38. The zero-order chi connectivity index (χ0) is 19.5. The summed E-state index contributed by atoms with van der Waals surface area (Å²) in [6.07, 6.45) is -0.135. The molecule has 0 aliphatic carbocycles. The molecular weight excluding hydrogens is 372 g/mol. The van der Waals surface area contributed by atoms with Crippen molar-refractivity contribution in [1.82, 2.24) is 4.98 Å². The molecule has 0 aliphatic heterocycles. The number of aliphatic hydroxyl groups excluding tert-OH is 1. The molecule has 0 amide bonds. The summed E-state index contributed by atoms with van der Waals surface area (Å²) in [4.78, 5) is 3.47. The van der Waals surface area contributed by atoms with Gasteiger partial charge in [0.15, 0.2) is 11.0 Å². The maximum atomic E-state index is 10.8. The van der Waals surface area contributed by atoms with E-state index < -0.39 is 6.10 Å². The molecule has 1 unspecified atom stereocenters. The van der Waals surface area contributed by atoms with Crippen LogP contribution in [0.1, 0.15) is 23.1 Å². The molecule has 0 saturated heterocycles. The van der Waals surface area contributed by atoms with Gasteiger partial charge in [-0.1, -0.05) is 48.0 Å². The molecule has 1 atom stereocenters. The van der Waals surface area contributed by atoms with E-state index in [4.69, 9.17) is 16.3 Å². The highest BCUT2D eigenvalue weighted by atomic mass is 35.5. The lowest BCUT2D eigenvalue weighted by molar-refractivity contribution is -0.670. The average molecular weight is 394 g/mol. The van der Waals surface area contributed by atoms with Gasteiger partial charge in [-0.15, -0.1) is 0 Å². The van der Waals surface area contributed by atoms with Crippen LogP contribution in [0.25, 0.3) is 11.0 Å². The standard InChI is InChI=1S/C23H21ClN2O2/c1-28-19-12-8-17(9-13-19)22(27)14-23-25-20-4-2-3-5-21(20)26(23)15-16-6-10-18(24)11-7-16/h2-13,22,27H,14-15H2,1H3/p+1. The van der Waals surface area contributed by atoms with Gasteiger partial charge in [-0.05, 0) is 47.5 Å². The van der Waals surface area contributed by atoms with Crippen LogP contribution in [-0.4, -0.2) is 17.2 Å². The molecule has 1 heterocycles. The van der Waals surface area contributed by atoms with Crippen molar-refractivity contribution in [3.05, 3.63) is 94.8 Å². The lowest BCUT2D eigenvalue weighted by Gasteiger charge is -2.10. The normalized spacial score (nSPS) is 12.2. The highest BCUT2D eigenvalue weighted by molar-refractivity contribution is 6.30. The number of benzene rings is 3. The van der Waals surface area contributed by atoms with Crippen LogP contribution >= 0.6 is 11.6 Å². The van der Waals surface area contributed by atoms with Gasteiger partial charge < -0.3 is 9.84 Å². The third kappa shape index (κ3) is 3.88. The second-order valence-corrected chi connectivity index (χ2v) is 7.23. The number of nitrogens with one attached hydrogen (secondary N) is 1. The minimum absolute atomic E-state index is 0.481. The molecule has 0 fully saturated rings. The molecule has 28 heavy (non-hydrogen) atoms. The molecule has 2 N–H and O–H groups in total. The minimum atomic E-state index is -0.615. The molecule has 0 aliphatic rings. The maximum Gasteiger partial charge on any atom is 0.258 e. The number of imidazole rings is 1. The quantitative estimate of drug-likeness (QED) is 0.476. The monoisotopic (exact) mass is 393 g/mol. The number of aliphatic hydroxyl groups is 1. The van der Waals surface area contributed by atoms with Gasteiger partial charge in [-0.25, -0.2) is 9.55 Å². The molecular formula is C23H22ClN2O2+. The van der Waals surface area contributed by atoms with E-state index in [-0.39, 0.29) is 0 Å². The Morgan fingerprint density at radius 3 is 2.43 bits per heavy atom. The number of para-hydroxylation sites is 2. The van der Waals surface area contributed by atoms with Gasteiger partial charge in [0.1, 0.15) is 12.3 Å². The van der Waals surface area contributed by atoms with Crippen LogP contribution in [-0.2, 0) is 13.0 Å². The fourth-order valence-corrected chi connectivity index (χ4v) is 3.55. The van der Waals surface area contributed by atoms with Gasteiger partial charge in [0.25, 0.3) is 5.82 Å². The number of aromatic amines is 1. The van der Waals surface area contributed by atoms with Crippen LogP contribution in [0.15, 0.2) is 72.8 Å². The van der Waals surface area contributed by atoms with Crippen LogP contribution in [0.4, 0.5) is 0 Å². The Kier molecular flexibility index (Phi) is 5.33. The Labute approximate surface area is 169 Å². The molecule has 142 valence electrons. The van der Waals surface area contributed by atoms with E-state index >= 15 is 0 Å². The SMILES string of the molecule is COc1ccc(C(O)Cc2[nH]c3ccccc3[n+]2Cc2ccc(Cl)cc2)cc1. The molecule has 4 aromatic rings. The summed E-state index contributed by atoms with van der Waals surface area (Å²) in [6, 6.07) is 23.6. The average Bonchev–Trinajstić information content (AvgIpc) is 3.06. The molecule has 3 aromatic carbocycles. The van der Waals surface area contributed by atoms with Gasteiger partial charge in [0.05, 0.1) is 19.6 Å². The van der Waals surface area contributed by atoms with Crippen LogP contribution in [0.5, 0.6) is 5.75 Å². The second-order valence-electron chi connectivity index (χ2n) is 6.79. The van der Waals surface area contributed by atoms with E-state index in [9.17, 15) is 5.11 Å². The molecule has 0 saturated carbocycles. The number of aromatic nitrogens is 2. The highest BCUT2D eigenvalue weighted by Gasteiger charge is 2.22. The fourth-order valence-electron chi connectivity index (χ4n) is 3.42. The van der Waals surface area contributed by atoms with Crippen molar-refractivity contribution in [3.8, 4) is 5.75 Å². The van der Waals surface area contributed by atoms with Crippen LogP contribution in [0.2, 0.25) is 5.02 Å². The van der Waals surface area contributed by atoms with Crippen molar-refractivity contribution in [2.24, 2.45) is 0 Å². The Hall–Kier alpha value is -2.82. The number of methoxy groups -OCH3 is 1. The predicted molar refractivity (Wildman–Crippen MR) is 111 cm³/mol. The second kappa shape index (κ2) is 8.05. The maximum absolute atomic E-state index is 10.8. The van der Waals surface area contributed by atoms with Gasteiger partial charge in [-0.3, -0.25) is 0 Å². The number of halogens is 1. The van der Waals surface area contributed by atoms with Gasteiger partial charge >= 0.3 is 0 Å². The molecule has 1 aromatic heterocycles. The summed E-state index contributed by atoms with van der Waals surface area (Å²) in [5.74, 6) is 1.75. The first-order valence-electron chi connectivity index (χ1n) is 9.20. The summed E-state index contributed by atoms with van der Waals surface area (Å²) >= 11 is 6.02. The number of H-pyrrole nitrogens is 1. The predicted octanol–water partition coefficient (Wildman–Crippen LogP) is 4.44. The fraction of sp³-hybridized carbons (Fsp3) is 0.174. The first-order valence-corrected chi connectivity index (χ1v) is 9.58. The summed E-state index contributed by atoms with van der Waals surface area (Å²) in [5, 5.41) is 11.5. The van der Waals surface area contributed by atoms with Crippen molar-refractivity contribution >= 4 is 22.6 Å². The van der Waals surface area contributed by atoms with Crippen LogP contribution in [0.3, 0.4) is 0 Å². The number of hydrogen-bond donors (Lipinski definition) is 2. The first-order chi connectivity index (χ1) is 13.6. The Bertz CT molecular complexity index is 1070. The number of nitrogens with zero attached hydrogens (tertiary/aromatic N) is 1. The highest BCUT2D eigenvalue weighted by Crippen LogP contribution is 2.21. The van der Waals surface area contributed by atoms with Crippen LogP contribution < -0.4 is 9.30 Å². The van der Waals surface area contributed by atoms with Crippen molar-refractivity contribution in [1.29, 1.82) is 0 Å². The van der Waals surface area contributed by atoms with Gasteiger partial charge in [0.2, 0.25) is 0 Å². The van der Waals surface area contributed by atoms with E-state index in [2.05, 4.69) is 21.7 Å². The zero-order valence-electron chi connectivity index (χ0n) is 15.6. The van der Waals surface area contributed by atoms with Gasteiger partial charge in [0, 0.05) is 5.02 Å². The Morgan fingerprint density at radius 2 is 1.71 bits per heavy atom. The molecule has 0 radical (unpaired) electrons. The summed E-state index contributed by atoms with van der Waals surface area (Å²) in [5.41, 5.74) is 4.17. The molecule has 4 rings (SSSR count). The molecule has 0 bridgehead atoms. The van der Waals surface area contributed by atoms with Crippen molar-refractivity contribution in [2.75, 3.05) is 7.11 Å². The van der Waals surface area contributed by atoms with E-state index in [0.717, 1.165) is 38.8 Å². The van der Waals surface area contributed by atoms with Crippen molar-refractivity contribution in [2.45, 2.75) is 19.1 Å². The van der Waals surface area contributed by atoms with Crippen molar-refractivity contribution in [3.63, 3.8) is 0 Å². The van der Waals surface area contributed by atoms with Crippen molar-refractivity contribution < 1.29 is 14.4 Å². The molecule has 5 heteroatoms. The smallest absolute Gasteiger partial charge is 0.258 e. The first kappa shape index (κ1) is 18.5. The third-order valence-electron chi connectivity index (χ3n) is 4.94. The Morgan fingerprint density at radius 1 is 1.00 bits per heavy atom. The van der Waals surface area contributed by atoms with E-state index in [1.807, 2.05) is 60.7 Å². The van der Waals surface area contributed by atoms with E-state index in [1.54, 1.807) is 7.11 Å². The summed E-state index contributed by atoms with van der Waals surface area (Å²) < 4.78 is 7.41. The molecule has 4 nitrogen and oxygen atoms in total. The Balaban J connectivity index is 1.66. The minimum Gasteiger partial charge on any atom is -0.497 e. The summed E-state index contributed by atoms with van der Waals surface area (Å²) in [6.45, 7) is 0.700. The summed E-state index contributed by atoms with van der Waals surface area (Å²) in [7, 11) is 1.63. The zero-order valence-corrected chi connectivity index (χ0v) is 16.4. The largest absolute Gasteiger partial charge is 0.497 e. The van der Waals surface area contributed by atoms with Crippen LogP contribution in [0, 0.1) is 0 Å². The van der Waals surface area contributed by atoms with Gasteiger partial charge in [-0.2, -0.15) is 0 Å². The lowest BCUT2D eigenvalue weighted by atomic mass is 10.1. The number of fused-ring (bicyclic) bond motifs is 1. The van der Waals surface area contributed by atoms with E-state index in [1.165, 1.54) is 0 Å². The molecule has 0 spiro atoms. The topological polar surface area (TPSA) is 49.1 Å². The number of hydrogen-bond acceptors (Lipinski definition) is 2. The third-order valence-corrected chi connectivity index (χ3v) is 5.19. The number of ether oxygens (including phenoxy) is 1. The number of rotatable bonds is 6. The van der Waals surface area contributed by atoms with E-state index in [0.29, 0.717) is 13.0 Å².